The molecule has 4 nitrogen and oxygen atoms in total. The third-order valence-electron chi connectivity index (χ3n) is 4.17. The minimum absolute atomic E-state index is 0.158. The molecule has 0 saturated heterocycles. The lowest BCUT2D eigenvalue weighted by Crippen LogP contribution is -2.36. The molecule has 1 unspecified atom stereocenters. The van der Waals surface area contributed by atoms with Gasteiger partial charge in [0.25, 0.3) is 0 Å². The van der Waals surface area contributed by atoms with Crippen LogP contribution in [0, 0.1) is 5.92 Å². The minimum Gasteiger partial charge on any atom is -0.496 e. The summed E-state index contributed by atoms with van der Waals surface area (Å²) in [5.41, 5.74) is 1.15. The molecular formula is C16H23NO3. The van der Waals surface area contributed by atoms with Crippen LogP contribution < -0.4 is 10.1 Å². The molecule has 0 aliphatic heterocycles. The van der Waals surface area contributed by atoms with Crippen LogP contribution in [-0.2, 0) is 4.79 Å². The number of carboxylic acids is 1. The lowest BCUT2D eigenvalue weighted by Gasteiger charge is -2.30. The predicted molar refractivity (Wildman–Crippen MR) is 77.9 cm³/mol. The third-order valence-corrected chi connectivity index (χ3v) is 4.17. The van der Waals surface area contributed by atoms with Gasteiger partial charge in [-0.05, 0) is 38.7 Å². The van der Waals surface area contributed by atoms with E-state index < -0.39 is 5.97 Å². The first kappa shape index (κ1) is 14.9. The fourth-order valence-electron chi connectivity index (χ4n) is 2.97. The van der Waals surface area contributed by atoms with Crippen LogP contribution in [0.1, 0.15) is 44.2 Å². The number of aliphatic carboxylic acids is 1. The lowest BCUT2D eigenvalue weighted by atomic mass is 9.85. The molecule has 1 fully saturated rings. The van der Waals surface area contributed by atoms with Crippen molar-refractivity contribution in [1.82, 2.24) is 5.32 Å². The Morgan fingerprint density at radius 3 is 2.55 bits per heavy atom. The molecule has 0 aromatic heterocycles. The van der Waals surface area contributed by atoms with Gasteiger partial charge < -0.3 is 15.2 Å². The Hall–Kier alpha value is -1.55. The fourth-order valence-corrected chi connectivity index (χ4v) is 2.97. The zero-order valence-electron chi connectivity index (χ0n) is 12.1. The highest BCUT2D eigenvalue weighted by molar-refractivity contribution is 5.70. The van der Waals surface area contributed by atoms with Crippen molar-refractivity contribution in [3.63, 3.8) is 0 Å². The van der Waals surface area contributed by atoms with Gasteiger partial charge in [-0.15, -0.1) is 0 Å². The molecule has 0 radical (unpaired) electrons. The monoisotopic (exact) mass is 277 g/mol. The van der Waals surface area contributed by atoms with Gasteiger partial charge >= 0.3 is 5.97 Å². The SMILES string of the molecule is COc1ccccc1C(C)NC1CCC(C(=O)O)CC1. The van der Waals surface area contributed by atoms with Gasteiger partial charge in [0.15, 0.2) is 0 Å². The Kier molecular flexibility index (Phi) is 5.01. The number of hydrogen-bond acceptors (Lipinski definition) is 3. The maximum atomic E-state index is 11.0. The highest BCUT2D eigenvalue weighted by Gasteiger charge is 2.26. The zero-order valence-corrected chi connectivity index (χ0v) is 12.1. The number of para-hydroxylation sites is 1. The Morgan fingerprint density at radius 2 is 1.95 bits per heavy atom. The Labute approximate surface area is 120 Å². The van der Waals surface area contributed by atoms with Gasteiger partial charge in [0.2, 0.25) is 0 Å². The van der Waals surface area contributed by atoms with Crippen LogP contribution in [0.2, 0.25) is 0 Å². The van der Waals surface area contributed by atoms with Gasteiger partial charge in [0.05, 0.1) is 13.0 Å². The summed E-state index contributed by atoms with van der Waals surface area (Å²) in [4.78, 5) is 11.0. The topological polar surface area (TPSA) is 58.6 Å². The van der Waals surface area contributed by atoms with E-state index in [1.165, 1.54) is 0 Å². The number of benzene rings is 1. The van der Waals surface area contributed by atoms with Gasteiger partial charge in [-0.1, -0.05) is 18.2 Å². The summed E-state index contributed by atoms with van der Waals surface area (Å²) in [7, 11) is 1.68. The molecule has 1 aromatic carbocycles. The van der Waals surface area contributed by atoms with Crippen LogP contribution in [-0.4, -0.2) is 24.2 Å². The van der Waals surface area contributed by atoms with Crippen molar-refractivity contribution >= 4 is 5.97 Å². The average molecular weight is 277 g/mol. The first-order valence-corrected chi connectivity index (χ1v) is 7.23. The van der Waals surface area contributed by atoms with Crippen molar-refractivity contribution in [2.45, 2.75) is 44.7 Å². The van der Waals surface area contributed by atoms with Crippen molar-refractivity contribution in [3.8, 4) is 5.75 Å². The van der Waals surface area contributed by atoms with Crippen molar-refractivity contribution < 1.29 is 14.6 Å². The lowest BCUT2D eigenvalue weighted by molar-refractivity contribution is -0.142. The number of nitrogens with one attached hydrogen (secondary N) is 1. The molecular weight excluding hydrogens is 254 g/mol. The van der Waals surface area contributed by atoms with Crippen LogP contribution >= 0.6 is 0 Å². The van der Waals surface area contributed by atoms with E-state index in [2.05, 4.69) is 18.3 Å². The number of carbonyl (C=O) groups is 1. The summed E-state index contributed by atoms with van der Waals surface area (Å²) >= 11 is 0. The second-order valence-electron chi connectivity index (χ2n) is 5.52. The molecule has 1 aromatic rings. The Morgan fingerprint density at radius 1 is 1.30 bits per heavy atom. The number of ether oxygens (including phenoxy) is 1. The van der Waals surface area contributed by atoms with E-state index in [0.717, 1.165) is 37.0 Å². The molecule has 2 rings (SSSR count). The molecule has 1 aliphatic rings. The Bertz CT molecular complexity index is 453. The summed E-state index contributed by atoms with van der Waals surface area (Å²) in [5, 5.41) is 12.6. The second-order valence-corrected chi connectivity index (χ2v) is 5.52. The van der Waals surface area contributed by atoms with Gasteiger partial charge in [-0.3, -0.25) is 4.79 Å². The molecule has 1 atom stereocenters. The van der Waals surface area contributed by atoms with E-state index in [0.29, 0.717) is 6.04 Å². The second kappa shape index (κ2) is 6.75. The molecule has 0 amide bonds. The number of methoxy groups -OCH3 is 1. The van der Waals surface area contributed by atoms with E-state index in [1.54, 1.807) is 7.11 Å². The molecule has 2 N–H and O–H groups in total. The molecule has 110 valence electrons. The molecule has 0 heterocycles. The average Bonchev–Trinajstić information content (AvgIpc) is 2.47. The summed E-state index contributed by atoms with van der Waals surface area (Å²) in [6.45, 7) is 2.13. The minimum atomic E-state index is -0.652. The van der Waals surface area contributed by atoms with Crippen LogP contribution in [0.15, 0.2) is 24.3 Å². The first-order chi connectivity index (χ1) is 9.61. The number of rotatable bonds is 5. The van der Waals surface area contributed by atoms with Crippen molar-refractivity contribution in [2.24, 2.45) is 5.92 Å². The fraction of sp³-hybridized carbons (Fsp3) is 0.562. The molecule has 0 spiro atoms. The van der Waals surface area contributed by atoms with E-state index in [-0.39, 0.29) is 12.0 Å². The highest BCUT2D eigenvalue weighted by atomic mass is 16.5. The standard InChI is InChI=1S/C16H23NO3/c1-11(14-5-3-4-6-15(14)20-2)17-13-9-7-12(8-10-13)16(18)19/h3-6,11-13,17H,7-10H2,1-2H3,(H,18,19). The van der Waals surface area contributed by atoms with E-state index in [9.17, 15) is 4.79 Å². The largest absolute Gasteiger partial charge is 0.496 e. The van der Waals surface area contributed by atoms with Crippen molar-refractivity contribution in [2.75, 3.05) is 7.11 Å². The highest BCUT2D eigenvalue weighted by Crippen LogP contribution is 2.29. The van der Waals surface area contributed by atoms with E-state index in [1.807, 2.05) is 18.2 Å². The van der Waals surface area contributed by atoms with Crippen LogP contribution in [0.4, 0.5) is 0 Å². The molecule has 20 heavy (non-hydrogen) atoms. The molecule has 4 heteroatoms. The molecule has 0 bridgehead atoms. The van der Waals surface area contributed by atoms with Gasteiger partial charge in [-0.2, -0.15) is 0 Å². The summed E-state index contributed by atoms with van der Waals surface area (Å²) in [6.07, 6.45) is 3.39. The molecule has 1 saturated carbocycles. The van der Waals surface area contributed by atoms with Gasteiger partial charge in [-0.25, -0.2) is 0 Å². The Balaban J connectivity index is 1.92. The van der Waals surface area contributed by atoms with Crippen LogP contribution in [0.5, 0.6) is 5.75 Å². The van der Waals surface area contributed by atoms with Crippen LogP contribution in [0.25, 0.3) is 0 Å². The summed E-state index contributed by atoms with van der Waals surface area (Å²) in [6, 6.07) is 8.61. The van der Waals surface area contributed by atoms with Crippen LogP contribution in [0.3, 0.4) is 0 Å². The maximum Gasteiger partial charge on any atom is 0.306 e. The van der Waals surface area contributed by atoms with E-state index in [4.69, 9.17) is 9.84 Å². The predicted octanol–water partition coefficient (Wildman–Crippen LogP) is 2.99. The third kappa shape index (κ3) is 3.51. The summed E-state index contributed by atoms with van der Waals surface area (Å²) in [5.74, 6) is 0.0857. The van der Waals surface area contributed by atoms with Gasteiger partial charge in [0.1, 0.15) is 5.75 Å². The van der Waals surface area contributed by atoms with Gasteiger partial charge in [0, 0.05) is 17.6 Å². The number of carboxylic acid groups (broad SMARTS) is 1. The zero-order chi connectivity index (χ0) is 14.5. The summed E-state index contributed by atoms with van der Waals surface area (Å²) < 4.78 is 5.39. The van der Waals surface area contributed by atoms with Crippen molar-refractivity contribution in [3.05, 3.63) is 29.8 Å². The van der Waals surface area contributed by atoms with Crippen molar-refractivity contribution in [1.29, 1.82) is 0 Å². The quantitative estimate of drug-likeness (QED) is 0.868. The normalized spacial score (nSPS) is 24.1. The maximum absolute atomic E-state index is 11.0. The molecule has 1 aliphatic carbocycles. The number of hydrogen-bond donors (Lipinski definition) is 2. The smallest absolute Gasteiger partial charge is 0.306 e. The van der Waals surface area contributed by atoms with E-state index >= 15 is 0 Å². The first-order valence-electron chi connectivity index (χ1n) is 7.23.